The van der Waals surface area contributed by atoms with Crippen LogP contribution in [-0.2, 0) is 7.05 Å². The van der Waals surface area contributed by atoms with Crippen molar-refractivity contribution in [1.82, 2.24) is 0 Å². The van der Waals surface area contributed by atoms with E-state index in [9.17, 15) is 5.26 Å². The van der Waals surface area contributed by atoms with E-state index in [0.29, 0.717) is 33.6 Å². The quantitative estimate of drug-likeness (QED) is 0.277. The zero-order valence-corrected chi connectivity index (χ0v) is 19.3. The maximum atomic E-state index is 9.85. The molecule has 0 bridgehead atoms. The predicted octanol–water partition coefficient (Wildman–Crippen LogP) is 7.36. The molecule has 2 heterocycles. The third-order valence-electron chi connectivity index (χ3n) is 6.23. The fraction of sp³-hybridized carbons (Fsp3) is 0.200. The van der Waals surface area contributed by atoms with Crippen LogP contribution in [-0.4, -0.2) is 0 Å². The average Bonchev–Trinajstić information content (AvgIpc) is 3.26. The minimum absolute atomic E-state index is 0.0143. The summed E-state index contributed by atoms with van der Waals surface area (Å²) in [6.45, 7) is 8.32. The molecule has 0 N–H and O–H groups in total. The number of nitriles is 1. The molecule has 33 heavy (non-hydrogen) atoms. The lowest BCUT2D eigenvalue weighted by atomic mass is 9.93. The number of benzene rings is 3. The van der Waals surface area contributed by atoms with Gasteiger partial charge in [-0.2, -0.15) is 5.26 Å². The average molecular weight is 437 g/mol. The van der Waals surface area contributed by atoms with Crippen molar-refractivity contribution in [2.24, 2.45) is 7.05 Å². The smallest absolute Gasteiger partial charge is 0.216 e. The number of pyridine rings is 1. The minimum Gasteiger partial charge on any atom is -0.454 e. The van der Waals surface area contributed by atoms with Crippen LogP contribution in [0.25, 0.3) is 44.3 Å². The molecule has 0 unspecified atom stereocenters. The Labute approximate surface area is 201 Å². The molecule has 0 aliphatic heterocycles. The molecule has 0 saturated heterocycles. The Morgan fingerprint density at radius 1 is 1.00 bits per heavy atom. The molecule has 0 spiro atoms. The van der Waals surface area contributed by atoms with Crippen molar-refractivity contribution >= 4 is 21.9 Å². The van der Waals surface area contributed by atoms with Crippen LogP contribution in [0.3, 0.4) is 0 Å². The molecule has 0 aliphatic rings. The largest absolute Gasteiger partial charge is 0.454 e. The van der Waals surface area contributed by atoms with E-state index in [1.165, 1.54) is 5.56 Å². The van der Waals surface area contributed by atoms with Gasteiger partial charge < -0.3 is 4.42 Å². The van der Waals surface area contributed by atoms with E-state index >= 15 is 0 Å². The number of aryl methyl sites for hydroxylation is 3. The second-order valence-electron chi connectivity index (χ2n) is 8.81. The second kappa shape index (κ2) is 7.90. The molecule has 0 amide bonds. The Hall–Kier alpha value is -3.90. The van der Waals surface area contributed by atoms with Gasteiger partial charge in [-0.1, -0.05) is 50.1 Å². The first-order valence-electron chi connectivity index (χ1n) is 13.4. The standard InChI is InChI=1S/C30H27N2O/c1-18(2)23-11-12-32(5)26(16-23)28-20(4)13-19(3)27-25-15-21(17-31)14-24(29(25)33-30(27)28)22-9-7-6-8-10-22/h6-16,18H,1-5H3/q+1/i6D,7D,8D,9D,10D. The highest BCUT2D eigenvalue weighted by Crippen LogP contribution is 2.43. The van der Waals surface area contributed by atoms with Crippen LogP contribution in [0.1, 0.15) is 48.9 Å². The first-order chi connectivity index (χ1) is 18.0. The Kier molecular flexibility index (Phi) is 3.79. The van der Waals surface area contributed by atoms with Gasteiger partial charge in [-0.25, -0.2) is 4.57 Å². The van der Waals surface area contributed by atoms with Gasteiger partial charge in [-0.15, -0.1) is 0 Å². The fourth-order valence-electron chi connectivity index (χ4n) is 4.56. The topological polar surface area (TPSA) is 40.8 Å². The molecule has 0 saturated carbocycles. The van der Waals surface area contributed by atoms with E-state index in [1.54, 1.807) is 12.1 Å². The van der Waals surface area contributed by atoms with Gasteiger partial charge in [0.1, 0.15) is 18.2 Å². The SMILES string of the molecule is [2H]c1c([2H])c([2H])c(-c2cc(C#N)cc3c2oc2c(-c4cc(C(C)C)cc[n+]4C)c(C)cc(C)c23)c([2H])c1[2H]. The van der Waals surface area contributed by atoms with Gasteiger partial charge in [0.2, 0.25) is 5.69 Å². The van der Waals surface area contributed by atoms with Crippen LogP contribution in [0.15, 0.2) is 71.2 Å². The van der Waals surface area contributed by atoms with Crippen molar-refractivity contribution < 1.29 is 15.8 Å². The lowest BCUT2D eigenvalue weighted by Gasteiger charge is -2.10. The molecule has 3 heteroatoms. The Morgan fingerprint density at radius 2 is 1.76 bits per heavy atom. The molecular formula is C30H27N2O+. The van der Waals surface area contributed by atoms with Crippen LogP contribution in [0.4, 0.5) is 0 Å². The van der Waals surface area contributed by atoms with Crippen LogP contribution >= 0.6 is 0 Å². The Balaban J connectivity index is 1.98. The molecule has 162 valence electrons. The molecule has 3 aromatic carbocycles. The summed E-state index contributed by atoms with van der Waals surface area (Å²) in [7, 11) is 1.99. The summed E-state index contributed by atoms with van der Waals surface area (Å²) in [6.07, 6.45) is 2.03. The van der Waals surface area contributed by atoms with E-state index in [2.05, 4.69) is 38.1 Å². The summed E-state index contributed by atoms with van der Waals surface area (Å²) in [4.78, 5) is 0. The molecule has 5 aromatic rings. The van der Waals surface area contributed by atoms with Crippen LogP contribution < -0.4 is 4.57 Å². The highest BCUT2D eigenvalue weighted by atomic mass is 16.3. The van der Waals surface area contributed by atoms with Gasteiger partial charge >= 0.3 is 0 Å². The summed E-state index contributed by atoms with van der Waals surface area (Å²) >= 11 is 0. The van der Waals surface area contributed by atoms with Crippen molar-refractivity contribution in [2.75, 3.05) is 0 Å². The van der Waals surface area contributed by atoms with E-state index < -0.39 is 18.1 Å². The lowest BCUT2D eigenvalue weighted by Crippen LogP contribution is -2.31. The fourth-order valence-corrected chi connectivity index (χ4v) is 4.56. The highest BCUT2D eigenvalue weighted by Gasteiger charge is 2.24. The van der Waals surface area contributed by atoms with E-state index in [1.807, 2.05) is 31.7 Å². The number of rotatable bonds is 3. The monoisotopic (exact) mass is 436 g/mol. The second-order valence-corrected chi connectivity index (χ2v) is 8.81. The van der Waals surface area contributed by atoms with Gasteiger partial charge in [-0.05, 0) is 54.2 Å². The van der Waals surface area contributed by atoms with Gasteiger partial charge in [0.05, 0.1) is 24.0 Å². The zero-order chi connectivity index (χ0) is 27.6. The number of nitrogens with zero attached hydrogens (tertiary/aromatic N) is 2. The number of furan rings is 1. The molecule has 2 aromatic heterocycles. The summed E-state index contributed by atoms with van der Waals surface area (Å²) in [5.74, 6) is 0.334. The van der Waals surface area contributed by atoms with Crippen molar-refractivity contribution in [3.05, 3.63) is 89.0 Å². The number of fused-ring (bicyclic) bond motifs is 3. The first kappa shape index (κ1) is 15.8. The number of hydrogen-bond donors (Lipinski definition) is 0. The van der Waals surface area contributed by atoms with Gasteiger partial charge in [0, 0.05) is 28.5 Å². The molecule has 0 radical (unpaired) electrons. The Bertz CT molecular complexity index is 1820. The molecule has 0 atom stereocenters. The van der Waals surface area contributed by atoms with Crippen LogP contribution in [0.5, 0.6) is 0 Å². The molecule has 5 rings (SSSR count). The van der Waals surface area contributed by atoms with E-state index in [0.717, 1.165) is 27.8 Å². The predicted molar refractivity (Wildman–Crippen MR) is 134 cm³/mol. The summed E-state index contributed by atoms with van der Waals surface area (Å²) in [5.41, 5.74) is 6.72. The minimum atomic E-state index is -0.465. The summed E-state index contributed by atoms with van der Waals surface area (Å²) < 4.78 is 50.1. The third-order valence-corrected chi connectivity index (χ3v) is 6.23. The van der Waals surface area contributed by atoms with Crippen molar-refractivity contribution in [3.8, 4) is 28.5 Å². The van der Waals surface area contributed by atoms with E-state index in [-0.39, 0.29) is 17.6 Å². The van der Waals surface area contributed by atoms with Gasteiger partial charge in [0.15, 0.2) is 6.20 Å². The van der Waals surface area contributed by atoms with E-state index in [4.69, 9.17) is 11.3 Å². The molecular weight excluding hydrogens is 404 g/mol. The lowest BCUT2D eigenvalue weighted by molar-refractivity contribution is -0.660. The number of hydrogen-bond acceptors (Lipinski definition) is 2. The van der Waals surface area contributed by atoms with Crippen molar-refractivity contribution in [1.29, 1.82) is 5.26 Å². The zero-order valence-electron chi connectivity index (χ0n) is 24.3. The van der Waals surface area contributed by atoms with Gasteiger partial charge in [-0.3, -0.25) is 0 Å². The van der Waals surface area contributed by atoms with Crippen LogP contribution in [0, 0.1) is 25.2 Å². The summed E-state index contributed by atoms with van der Waals surface area (Å²) in [6, 6.07) is 9.81. The third kappa shape index (κ3) is 3.39. The Morgan fingerprint density at radius 3 is 2.45 bits per heavy atom. The van der Waals surface area contributed by atoms with Crippen LogP contribution in [0.2, 0.25) is 0 Å². The van der Waals surface area contributed by atoms with Gasteiger partial charge in [0.25, 0.3) is 0 Å². The number of aromatic nitrogens is 1. The van der Waals surface area contributed by atoms with Crippen molar-refractivity contribution in [2.45, 2.75) is 33.6 Å². The normalized spacial score (nSPS) is 13.5. The molecule has 0 aliphatic carbocycles. The maximum absolute atomic E-state index is 9.85. The summed E-state index contributed by atoms with van der Waals surface area (Å²) in [5, 5.41) is 11.4. The molecule has 0 fully saturated rings. The molecule has 3 nitrogen and oxygen atoms in total. The highest BCUT2D eigenvalue weighted by molar-refractivity contribution is 6.15. The first-order valence-corrected chi connectivity index (χ1v) is 10.9. The maximum Gasteiger partial charge on any atom is 0.216 e. The van der Waals surface area contributed by atoms with Crippen molar-refractivity contribution in [3.63, 3.8) is 0 Å².